The molecule has 1 heterocycles. The molecular weight excluding hydrogens is 314 g/mol. The number of ether oxygens (including phenoxy) is 3. The van der Waals surface area contributed by atoms with Gasteiger partial charge in [0.05, 0.1) is 14.2 Å². The molecule has 2 rings (SSSR count). The number of benzene rings is 1. The topological polar surface area (TPSA) is 85.3 Å². The summed E-state index contributed by atoms with van der Waals surface area (Å²) < 4.78 is 15.9. The molecule has 1 atom stereocenters. The Bertz CT molecular complexity index is 649. The van der Waals surface area contributed by atoms with Gasteiger partial charge >= 0.3 is 12.1 Å². The summed E-state index contributed by atoms with van der Waals surface area (Å²) in [5.74, 6) is -0.159. The molecule has 0 saturated heterocycles. The van der Waals surface area contributed by atoms with E-state index in [0.717, 1.165) is 5.56 Å². The van der Waals surface area contributed by atoms with E-state index in [9.17, 15) is 14.7 Å². The zero-order valence-corrected chi connectivity index (χ0v) is 14.6. The molecule has 0 aliphatic carbocycles. The van der Waals surface area contributed by atoms with Crippen LogP contribution in [0.4, 0.5) is 4.79 Å². The van der Waals surface area contributed by atoms with Crippen molar-refractivity contribution < 1.29 is 28.9 Å². The van der Waals surface area contributed by atoms with Crippen LogP contribution < -0.4 is 9.47 Å². The summed E-state index contributed by atoms with van der Waals surface area (Å²) in [5, 5.41) is 9.67. The number of carbonyl (C=O) groups is 2. The Labute approximate surface area is 141 Å². The van der Waals surface area contributed by atoms with Crippen molar-refractivity contribution in [2.45, 2.75) is 38.8 Å². The van der Waals surface area contributed by atoms with E-state index in [1.54, 1.807) is 32.9 Å². The first-order valence-electron chi connectivity index (χ1n) is 7.65. The molecule has 1 aliphatic rings. The van der Waals surface area contributed by atoms with Crippen LogP contribution in [0.5, 0.6) is 11.5 Å². The molecule has 0 spiro atoms. The third-order valence-corrected chi connectivity index (χ3v) is 3.74. The number of hydrogen-bond donors (Lipinski definition) is 1. The molecule has 0 aromatic heterocycles. The average molecular weight is 337 g/mol. The van der Waals surface area contributed by atoms with Gasteiger partial charge in [0.25, 0.3) is 0 Å². The minimum absolute atomic E-state index is 0.258. The first kappa shape index (κ1) is 17.9. The molecule has 1 amide bonds. The predicted molar refractivity (Wildman–Crippen MR) is 86.6 cm³/mol. The standard InChI is InChI=1S/C17H23NO6/c1-17(2,3)24-16(21)18-7-6-10-8-12(22-4)13(23-5)9-11(10)14(18)15(19)20/h8-9,14H,6-7H2,1-5H3,(H,19,20). The Morgan fingerprint density at radius 3 is 2.25 bits per heavy atom. The first-order chi connectivity index (χ1) is 11.2. The van der Waals surface area contributed by atoms with E-state index in [4.69, 9.17) is 14.2 Å². The Morgan fingerprint density at radius 2 is 1.75 bits per heavy atom. The lowest BCUT2D eigenvalue weighted by molar-refractivity contribution is -0.143. The molecule has 0 radical (unpaired) electrons. The molecule has 0 bridgehead atoms. The minimum Gasteiger partial charge on any atom is -0.493 e. The van der Waals surface area contributed by atoms with Crippen molar-refractivity contribution >= 4 is 12.1 Å². The highest BCUT2D eigenvalue weighted by Gasteiger charge is 2.38. The number of aliphatic carboxylic acids is 1. The largest absolute Gasteiger partial charge is 0.493 e. The van der Waals surface area contributed by atoms with Crippen molar-refractivity contribution in [1.29, 1.82) is 0 Å². The van der Waals surface area contributed by atoms with Crippen LogP contribution >= 0.6 is 0 Å². The Kier molecular flexibility index (Phi) is 4.91. The zero-order chi connectivity index (χ0) is 18.1. The molecule has 7 heteroatoms. The third-order valence-electron chi connectivity index (χ3n) is 3.74. The zero-order valence-electron chi connectivity index (χ0n) is 14.6. The van der Waals surface area contributed by atoms with Gasteiger partial charge in [-0.3, -0.25) is 4.90 Å². The van der Waals surface area contributed by atoms with Crippen LogP contribution in [0.3, 0.4) is 0 Å². The predicted octanol–water partition coefficient (Wildman–Crippen LogP) is 2.62. The Hall–Kier alpha value is -2.44. The molecule has 24 heavy (non-hydrogen) atoms. The molecule has 1 unspecified atom stereocenters. The molecule has 1 N–H and O–H groups in total. The van der Waals surface area contributed by atoms with Crippen molar-refractivity contribution in [3.63, 3.8) is 0 Å². The number of fused-ring (bicyclic) bond motifs is 1. The maximum atomic E-state index is 12.4. The smallest absolute Gasteiger partial charge is 0.411 e. The normalized spacial score (nSPS) is 17.0. The monoisotopic (exact) mass is 337 g/mol. The van der Waals surface area contributed by atoms with Gasteiger partial charge in [0.15, 0.2) is 17.5 Å². The quantitative estimate of drug-likeness (QED) is 0.912. The lowest BCUT2D eigenvalue weighted by atomic mass is 9.92. The van der Waals surface area contributed by atoms with Crippen LogP contribution in [-0.4, -0.2) is 48.4 Å². The molecule has 1 aromatic rings. The van der Waals surface area contributed by atoms with Gasteiger partial charge in [-0.25, -0.2) is 9.59 Å². The second kappa shape index (κ2) is 6.59. The van der Waals surface area contributed by atoms with Crippen LogP contribution in [0.1, 0.15) is 37.9 Å². The van der Waals surface area contributed by atoms with Crippen LogP contribution in [0, 0.1) is 0 Å². The van der Waals surface area contributed by atoms with E-state index in [1.807, 2.05) is 0 Å². The van der Waals surface area contributed by atoms with Gasteiger partial charge in [-0.1, -0.05) is 0 Å². The number of amides is 1. The molecule has 7 nitrogen and oxygen atoms in total. The van der Waals surface area contributed by atoms with Crippen molar-refractivity contribution in [2.75, 3.05) is 20.8 Å². The van der Waals surface area contributed by atoms with Crippen LogP contribution in [0.25, 0.3) is 0 Å². The number of carboxylic acids is 1. The highest BCUT2D eigenvalue weighted by atomic mass is 16.6. The third kappa shape index (κ3) is 3.55. The maximum absolute atomic E-state index is 12.4. The van der Waals surface area contributed by atoms with Crippen molar-refractivity contribution in [2.24, 2.45) is 0 Å². The molecule has 0 fully saturated rings. The summed E-state index contributed by atoms with van der Waals surface area (Å²) in [6.45, 7) is 5.49. The lowest BCUT2D eigenvalue weighted by Gasteiger charge is -2.36. The lowest BCUT2D eigenvalue weighted by Crippen LogP contribution is -2.45. The number of methoxy groups -OCH3 is 2. The summed E-state index contributed by atoms with van der Waals surface area (Å²) in [6, 6.07) is 2.25. The van der Waals surface area contributed by atoms with E-state index >= 15 is 0 Å². The van der Waals surface area contributed by atoms with Gasteiger partial charge in [-0.15, -0.1) is 0 Å². The average Bonchev–Trinajstić information content (AvgIpc) is 2.50. The van der Waals surface area contributed by atoms with Gasteiger partial charge in [0, 0.05) is 6.54 Å². The van der Waals surface area contributed by atoms with Gasteiger partial charge < -0.3 is 19.3 Å². The number of hydrogen-bond acceptors (Lipinski definition) is 5. The van der Waals surface area contributed by atoms with Crippen LogP contribution in [0.2, 0.25) is 0 Å². The fourth-order valence-electron chi connectivity index (χ4n) is 2.73. The number of carbonyl (C=O) groups excluding carboxylic acids is 1. The summed E-state index contributed by atoms with van der Waals surface area (Å²) in [6.07, 6.45) is -0.131. The van der Waals surface area contributed by atoms with Gasteiger partial charge in [-0.05, 0) is 50.5 Å². The molecule has 132 valence electrons. The second-order valence-electron chi connectivity index (χ2n) is 6.57. The minimum atomic E-state index is -1.12. The SMILES string of the molecule is COc1cc2c(cc1OC)C(C(=O)O)N(C(=O)OC(C)(C)C)CC2. The van der Waals surface area contributed by atoms with Crippen LogP contribution in [0.15, 0.2) is 12.1 Å². The van der Waals surface area contributed by atoms with E-state index < -0.39 is 23.7 Å². The summed E-state index contributed by atoms with van der Waals surface area (Å²) in [7, 11) is 3.00. The van der Waals surface area contributed by atoms with E-state index in [0.29, 0.717) is 23.5 Å². The molecular formula is C17H23NO6. The fourth-order valence-corrected chi connectivity index (χ4v) is 2.73. The Morgan fingerprint density at radius 1 is 1.17 bits per heavy atom. The molecule has 1 aliphatic heterocycles. The number of nitrogens with zero attached hydrogens (tertiary/aromatic N) is 1. The second-order valence-corrected chi connectivity index (χ2v) is 6.57. The number of carboxylic acid groups (broad SMARTS) is 1. The van der Waals surface area contributed by atoms with Gasteiger partial charge in [0.1, 0.15) is 5.60 Å². The maximum Gasteiger partial charge on any atom is 0.411 e. The number of rotatable bonds is 3. The van der Waals surface area contributed by atoms with Crippen molar-refractivity contribution in [3.05, 3.63) is 23.3 Å². The van der Waals surface area contributed by atoms with Crippen LogP contribution in [-0.2, 0) is 16.0 Å². The molecule has 0 saturated carbocycles. The van der Waals surface area contributed by atoms with E-state index in [2.05, 4.69) is 0 Å². The van der Waals surface area contributed by atoms with E-state index in [1.165, 1.54) is 19.1 Å². The highest BCUT2D eigenvalue weighted by molar-refractivity contribution is 5.83. The summed E-state index contributed by atoms with van der Waals surface area (Å²) >= 11 is 0. The summed E-state index contributed by atoms with van der Waals surface area (Å²) in [4.78, 5) is 25.5. The van der Waals surface area contributed by atoms with Gasteiger partial charge in [-0.2, -0.15) is 0 Å². The first-order valence-corrected chi connectivity index (χ1v) is 7.65. The van der Waals surface area contributed by atoms with Crippen molar-refractivity contribution in [1.82, 2.24) is 4.90 Å². The van der Waals surface area contributed by atoms with Crippen molar-refractivity contribution in [3.8, 4) is 11.5 Å². The molecule has 1 aromatic carbocycles. The Balaban J connectivity index is 2.44. The fraction of sp³-hybridized carbons (Fsp3) is 0.529. The summed E-state index contributed by atoms with van der Waals surface area (Å²) in [5.41, 5.74) is 0.634. The van der Waals surface area contributed by atoms with E-state index in [-0.39, 0.29) is 6.54 Å². The highest BCUT2D eigenvalue weighted by Crippen LogP contribution is 2.38. The van der Waals surface area contributed by atoms with Gasteiger partial charge in [0.2, 0.25) is 0 Å².